The molecule has 1 unspecified atom stereocenters. The Kier molecular flexibility index (Phi) is 7.06. The number of nitrogens with zero attached hydrogens (tertiary/aromatic N) is 1. The van der Waals surface area contributed by atoms with E-state index in [4.69, 9.17) is 4.74 Å². The molecule has 3 aromatic carbocycles. The number of anilines is 1. The van der Waals surface area contributed by atoms with Crippen molar-refractivity contribution in [2.75, 3.05) is 11.5 Å². The van der Waals surface area contributed by atoms with Crippen LogP contribution < -0.4 is 9.64 Å². The summed E-state index contributed by atoms with van der Waals surface area (Å²) in [6.45, 7) is 8.73. The summed E-state index contributed by atoms with van der Waals surface area (Å²) in [5.41, 5.74) is 4.02. The van der Waals surface area contributed by atoms with E-state index in [-0.39, 0.29) is 11.3 Å². The van der Waals surface area contributed by atoms with Gasteiger partial charge in [-0.2, -0.15) is 0 Å². The van der Waals surface area contributed by atoms with Crippen molar-refractivity contribution in [1.82, 2.24) is 0 Å². The van der Waals surface area contributed by atoms with Crippen molar-refractivity contribution in [3.63, 3.8) is 0 Å². The molecule has 1 heterocycles. The van der Waals surface area contributed by atoms with Crippen molar-refractivity contribution in [3.05, 3.63) is 101 Å². The molecule has 0 radical (unpaired) electrons. The molecule has 5 nitrogen and oxygen atoms in total. The number of ketones is 1. The minimum atomic E-state index is -0.750. The van der Waals surface area contributed by atoms with Gasteiger partial charge in [-0.1, -0.05) is 74.9 Å². The van der Waals surface area contributed by atoms with Crippen LogP contribution in [0.15, 0.2) is 78.4 Å². The summed E-state index contributed by atoms with van der Waals surface area (Å²) in [7, 11) is 0. The van der Waals surface area contributed by atoms with E-state index in [0.717, 1.165) is 23.1 Å². The van der Waals surface area contributed by atoms with Gasteiger partial charge in [-0.05, 0) is 54.7 Å². The van der Waals surface area contributed by atoms with E-state index < -0.39 is 17.7 Å². The third-order valence-corrected chi connectivity index (χ3v) is 6.22. The standard InChI is InChI=1S/C30H31NO4/c1-5-16-35-25-11-7-10-23(18-25)28(32)26-27(22-9-6-8-20(4)17-22)31(30(34)29(26)33)24-14-12-21(13-15-24)19(2)3/h6-15,17-19,27,32H,5,16H2,1-4H3/b28-26-. The van der Waals surface area contributed by atoms with Crippen LogP contribution in [-0.2, 0) is 9.59 Å². The van der Waals surface area contributed by atoms with Crippen LogP contribution in [-0.4, -0.2) is 23.4 Å². The molecule has 1 atom stereocenters. The van der Waals surface area contributed by atoms with Crippen molar-refractivity contribution in [2.45, 2.75) is 46.1 Å². The highest BCUT2D eigenvalue weighted by Gasteiger charge is 2.47. The number of ether oxygens (including phenoxy) is 1. The van der Waals surface area contributed by atoms with Crippen LogP contribution in [0.1, 0.15) is 61.4 Å². The van der Waals surface area contributed by atoms with Crippen molar-refractivity contribution < 1.29 is 19.4 Å². The molecule has 0 bridgehead atoms. The molecule has 0 spiro atoms. The van der Waals surface area contributed by atoms with Crippen LogP contribution in [0.2, 0.25) is 0 Å². The number of Topliss-reactive ketones (excluding diaryl/α,β-unsaturated/α-hetero) is 1. The second kappa shape index (κ2) is 10.2. The zero-order valence-corrected chi connectivity index (χ0v) is 20.6. The summed E-state index contributed by atoms with van der Waals surface area (Å²) in [6.07, 6.45) is 0.851. The second-order valence-corrected chi connectivity index (χ2v) is 9.21. The van der Waals surface area contributed by atoms with Crippen LogP contribution >= 0.6 is 0 Å². The molecule has 1 aliphatic heterocycles. The van der Waals surface area contributed by atoms with Gasteiger partial charge in [0, 0.05) is 11.3 Å². The van der Waals surface area contributed by atoms with Crippen molar-refractivity contribution in [1.29, 1.82) is 0 Å². The van der Waals surface area contributed by atoms with Crippen molar-refractivity contribution in [2.24, 2.45) is 0 Å². The average Bonchev–Trinajstić information content (AvgIpc) is 3.12. The third-order valence-electron chi connectivity index (χ3n) is 6.22. The van der Waals surface area contributed by atoms with Crippen LogP contribution in [0.5, 0.6) is 5.75 Å². The van der Waals surface area contributed by atoms with Gasteiger partial charge < -0.3 is 9.84 Å². The maximum atomic E-state index is 13.4. The van der Waals surface area contributed by atoms with Crippen LogP contribution in [0.25, 0.3) is 5.76 Å². The molecule has 0 aliphatic carbocycles. The van der Waals surface area contributed by atoms with Crippen LogP contribution in [0.3, 0.4) is 0 Å². The number of aliphatic hydroxyl groups excluding tert-OH is 1. The summed E-state index contributed by atoms with van der Waals surface area (Å²) < 4.78 is 5.71. The molecule has 4 rings (SSSR count). The summed E-state index contributed by atoms with van der Waals surface area (Å²) in [5.74, 6) is -0.635. The number of aliphatic hydroxyl groups is 1. The predicted octanol–water partition coefficient (Wildman–Crippen LogP) is 6.53. The molecule has 3 aromatic rings. The Bertz CT molecular complexity index is 1270. The second-order valence-electron chi connectivity index (χ2n) is 9.21. The Balaban J connectivity index is 1.87. The first-order chi connectivity index (χ1) is 16.8. The largest absolute Gasteiger partial charge is 0.507 e. The summed E-state index contributed by atoms with van der Waals surface area (Å²) in [6, 6.07) is 21.6. The molecule has 0 aromatic heterocycles. The van der Waals surface area contributed by atoms with Gasteiger partial charge >= 0.3 is 0 Å². The van der Waals surface area contributed by atoms with E-state index in [0.29, 0.717) is 29.5 Å². The maximum Gasteiger partial charge on any atom is 0.300 e. The summed E-state index contributed by atoms with van der Waals surface area (Å²) in [4.78, 5) is 28.2. The Morgan fingerprint density at radius 3 is 2.37 bits per heavy atom. The molecular formula is C30H31NO4. The summed E-state index contributed by atoms with van der Waals surface area (Å²) >= 11 is 0. The summed E-state index contributed by atoms with van der Waals surface area (Å²) in [5, 5.41) is 11.4. The first-order valence-electron chi connectivity index (χ1n) is 12.0. The molecule has 35 heavy (non-hydrogen) atoms. The molecule has 180 valence electrons. The van der Waals surface area contributed by atoms with Gasteiger partial charge in [-0.15, -0.1) is 0 Å². The first kappa shape index (κ1) is 24.3. The van der Waals surface area contributed by atoms with Gasteiger partial charge in [0.25, 0.3) is 11.7 Å². The predicted molar refractivity (Wildman–Crippen MR) is 139 cm³/mol. The monoisotopic (exact) mass is 469 g/mol. The highest BCUT2D eigenvalue weighted by Crippen LogP contribution is 2.42. The topological polar surface area (TPSA) is 66.8 Å². The number of aryl methyl sites for hydroxylation is 1. The Labute approximate surface area is 206 Å². The van der Waals surface area contributed by atoms with E-state index in [1.54, 1.807) is 24.3 Å². The van der Waals surface area contributed by atoms with Gasteiger partial charge in [0.2, 0.25) is 0 Å². The highest BCUT2D eigenvalue weighted by atomic mass is 16.5. The minimum Gasteiger partial charge on any atom is -0.507 e. The van der Waals surface area contributed by atoms with Gasteiger partial charge in [-0.3, -0.25) is 14.5 Å². The fraction of sp³-hybridized carbons (Fsp3) is 0.267. The number of benzene rings is 3. The van der Waals surface area contributed by atoms with E-state index >= 15 is 0 Å². The van der Waals surface area contributed by atoms with Crippen molar-refractivity contribution in [3.8, 4) is 5.75 Å². The lowest BCUT2D eigenvalue weighted by atomic mass is 9.94. The number of hydrogen-bond donors (Lipinski definition) is 1. The number of carbonyl (C=O) groups excluding carboxylic acids is 2. The molecule has 1 fully saturated rings. The van der Waals surface area contributed by atoms with Gasteiger partial charge in [0.15, 0.2) is 0 Å². The van der Waals surface area contributed by atoms with E-state index in [9.17, 15) is 14.7 Å². The highest BCUT2D eigenvalue weighted by molar-refractivity contribution is 6.51. The molecule has 1 saturated heterocycles. The smallest absolute Gasteiger partial charge is 0.300 e. The Morgan fingerprint density at radius 1 is 1.00 bits per heavy atom. The fourth-order valence-electron chi connectivity index (χ4n) is 4.38. The van der Waals surface area contributed by atoms with Crippen LogP contribution in [0.4, 0.5) is 5.69 Å². The molecule has 5 heteroatoms. The lowest BCUT2D eigenvalue weighted by Crippen LogP contribution is -2.29. The number of amides is 1. The molecular weight excluding hydrogens is 438 g/mol. The number of rotatable bonds is 7. The van der Waals surface area contributed by atoms with Crippen molar-refractivity contribution >= 4 is 23.1 Å². The fourth-order valence-corrected chi connectivity index (χ4v) is 4.38. The van der Waals surface area contributed by atoms with E-state index in [1.165, 1.54) is 4.90 Å². The lowest BCUT2D eigenvalue weighted by Gasteiger charge is -2.26. The SMILES string of the molecule is CCCOc1cccc(/C(O)=C2/C(=O)C(=O)N(c3ccc(C(C)C)cc3)C2c2cccc(C)c2)c1. The maximum absolute atomic E-state index is 13.4. The zero-order valence-electron chi connectivity index (χ0n) is 20.6. The van der Waals surface area contributed by atoms with Gasteiger partial charge in [0.05, 0.1) is 18.2 Å². The lowest BCUT2D eigenvalue weighted by molar-refractivity contribution is -0.132. The molecule has 1 aliphatic rings. The molecule has 0 saturated carbocycles. The van der Waals surface area contributed by atoms with Gasteiger partial charge in [0.1, 0.15) is 11.5 Å². The third kappa shape index (κ3) is 4.85. The first-order valence-corrected chi connectivity index (χ1v) is 12.0. The Hall–Kier alpha value is -3.86. The number of carbonyl (C=O) groups is 2. The van der Waals surface area contributed by atoms with Crippen LogP contribution in [0, 0.1) is 6.92 Å². The minimum absolute atomic E-state index is 0.0705. The quantitative estimate of drug-likeness (QED) is 0.243. The normalized spacial score (nSPS) is 17.3. The average molecular weight is 470 g/mol. The zero-order chi connectivity index (χ0) is 25.1. The van der Waals surface area contributed by atoms with E-state index in [2.05, 4.69) is 13.8 Å². The molecule has 1 amide bonds. The number of hydrogen-bond acceptors (Lipinski definition) is 4. The van der Waals surface area contributed by atoms with Gasteiger partial charge in [-0.25, -0.2) is 0 Å². The Morgan fingerprint density at radius 2 is 1.71 bits per heavy atom. The van der Waals surface area contributed by atoms with E-state index in [1.807, 2.05) is 62.4 Å². The molecule has 1 N–H and O–H groups in total.